The average molecular weight is 820 g/mol. The molecule has 6 nitrogen and oxygen atoms in total. The van der Waals surface area contributed by atoms with Gasteiger partial charge in [0.2, 0.25) is 0 Å². The van der Waals surface area contributed by atoms with E-state index < -0.39 is 0 Å². The predicted octanol–water partition coefficient (Wildman–Crippen LogP) is 9.39. The van der Waals surface area contributed by atoms with Gasteiger partial charge in [-0.2, -0.15) is 49.7 Å². The monoisotopic (exact) mass is 819 g/mol. The first-order valence-electron chi connectivity index (χ1n) is 17.7. The van der Waals surface area contributed by atoms with Gasteiger partial charge in [-0.15, -0.1) is 23.5 Å². The van der Waals surface area contributed by atoms with Crippen molar-refractivity contribution >= 4 is 34.1 Å². The number of benzene rings is 4. The Morgan fingerprint density at radius 3 is 1.20 bits per heavy atom. The van der Waals surface area contributed by atoms with Gasteiger partial charge in [-0.05, 0) is 122 Å². The molecule has 0 unspecified atom stereocenters. The molecule has 2 saturated carbocycles. The number of anilines is 6. The van der Waals surface area contributed by atoms with E-state index in [1.165, 1.54) is 74.1 Å². The van der Waals surface area contributed by atoms with Crippen molar-refractivity contribution in [3.05, 3.63) is 120 Å². The standard InChI is InChI=1S/C42H36N6.Pt/c43-23-27-1-13-33(14-2-27)47-25-45(39-19-35-29-5-9-31(10-6-29)37(35)21-41(39)47)17-18-46-26-48(34-15-3-28(24-44)4-16-34)42-22-38-32-11-7-30(8-12-32)36(38)20-40(42)46;/h1-4,13,15,19-22,25-26,29-32H,5-12,17-18H2;/q-4;+4. The van der Waals surface area contributed by atoms with Crippen molar-refractivity contribution in [3.8, 4) is 12.1 Å². The van der Waals surface area contributed by atoms with Gasteiger partial charge in [0.05, 0.1) is 0 Å². The van der Waals surface area contributed by atoms with Gasteiger partial charge in [-0.25, -0.2) is 10.5 Å². The molecule has 4 aromatic carbocycles. The largest absolute Gasteiger partial charge is 4.00 e. The van der Waals surface area contributed by atoms with Crippen molar-refractivity contribution in [3.63, 3.8) is 0 Å². The van der Waals surface area contributed by atoms with Crippen LogP contribution < -0.4 is 19.6 Å². The number of nitriles is 2. The maximum atomic E-state index is 9.42. The molecule has 8 aliphatic rings. The van der Waals surface area contributed by atoms with Crippen LogP contribution in [0.15, 0.2) is 60.7 Å². The molecular weight excluding hydrogens is 784 g/mol. The molecule has 0 N–H and O–H groups in total. The average Bonchev–Trinajstić information content (AvgIpc) is 3.71. The van der Waals surface area contributed by atoms with Crippen LogP contribution in [0.4, 0.5) is 34.1 Å². The Morgan fingerprint density at radius 1 is 0.551 bits per heavy atom. The molecule has 6 aliphatic carbocycles. The molecule has 0 aromatic heterocycles. The molecule has 244 valence electrons. The zero-order valence-electron chi connectivity index (χ0n) is 27.3. The molecule has 0 spiro atoms. The van der Waals surface area contributed by atoms with Crippen LogP contribution in [0.25, 0.3) is 0 Å². The molecule has 0 radical (unpaired) electrons. The van der Waals surface area contributed by atoms with Gasteiger partial charge < -0.3 is 19.6 Å². The predicted molar refractivity (Wildman–Crippen MR) is 188 cm³/mol. The van der Waals surface area contributed by atoms with Crippen molar-refractivity contribution in [1.29, 1.82) is 10.5 Å². The van der Waals surface area contributed by atoms with Crippen LogP contribution in [0.1, 0.15) is 108 Å². The summed E-state index contributed by atoms with van der Waals surface area (Å²) in [5, 5.41) is 18.8. The van der Waals surface area contributed by atoms with Crippen molar-refractivity contribution in [2.24, 2.45) is 0 Å². The van der Waals surface area contributed by atoms with E-state index in [-0.39, 0.29) is 21.1 Å². The minimum Gasteiger partial charge on any atom is -0.500 e. The second-order valence-corrected chi connectivity index (χ2v) is 14.5. The van der Waals surface area contributed by atoms with E-state index in [0.717, 1.165) is 24.5 Å². The molecule has 12 rings (SSSR count). The first-order valence-corrected chi connectivity index (χ1v) is 17.7. The zero-order valence-corrected chi connectivity index (χ0v) is 29.6. The summed E-state index contributed by atoms with van der Waals surface area (Å²) in [7, 11) is 0. The molecule has 7 heteroatoms. The van der Waals surface area contributed by atoms with E-state index >= 15 is 0 Å². The third-order valence-electron chi connectivity index (χ3n) is 12.2. The number of hydrogen-bond donors (Lipinski definition) is 0. The van der Waals surface area contributed by atoms with Crippen LogP contribution in [0.5, 0.6) is 0 Å². The Kier molecular flexibility index (Phi) is 7.51. The Morgan fingerprint density at radius 2 is 0.898 bits per heavy atom. The van der Waals surface area contributed by atoms with Crippen molar-refractivity contribution < 1.29 is 21.1 Å². The van der Waals surface area contributed by atoms with Crippen molar-refractivity contribution in [1.82, 2.24) is 0 Å². The first kappa shape index (κ1) is 30.8. The van der Waals surface area contributed by atoms with Gasteiger partial charge in [0.1, 0.15) is 0 Å². The molecule has 4 bridgehead atoms. The molecule has 49 heavy (non-hydrogen) atoms. The summed E-state index contributed by atoms with van der Waals surface area (Å²) < 4.78 is 0. The Labute approximate surface area is 303 Å². The third-order valence-corrected chi connectivity index (χ3v) is 12.2. The number of hydrogen-bond acceptors (Lipinski definition) is 6. The zero-order chi connectivity index (χ0) is 31.9. The maximum absolute atomic E-state index is 9.42. The van der Waals surface area contributed by atoms with Crippen molar-refractivity contribution in [2.45, 2.75) is 75.0 Å². The smallest absolute Gasteiger partial charge is 0.500 e. The van der Waals surface area contributed by atoms with Crippen LogP contribution >= 0.6 is 0 Å². The van der Waals surface area contributed by atoms with Gasteiger partial charge >= 0.3 is 21.1 Å². The number of rotatable bonds is 5. The normalized spacial score (nSPS) is 23.7. The molecule has 2 aliphatic heterocycles. The van der Waals surface area contributed by atoms with Gasteiger partial charge in [-0.1, -0.05) is 11.1 Å². The van der Waals surface area contributed by atoms with E-state index in [1.807, 2.05) is 24.3 Å². The fraction of sp³-hybridized carbons (Fsp3) is 0.333. The SMILES string of the molecule is N#Cc1c[c-]c(N2[CH-]N(CCN3[CH-]N(c4[c-]cc(C#N)cc4)c4cc5c(cc43)C3CCC5CC3)c3cc4c(cc32)C2CCC4CC2)cc1.[Pt+4]. The molecular formula is C42H36N6Pt. The molecule has 2 heterocycles. The van der Waals surface area contributed by atoms with Crippen LogP contribution in [0.3, 0.4) is 0 Å². The number of nitrogens with zero attached hydrogens (tertiary/aromatic N) is 6. The molecule has 2 fully saturated rings. The Balaban J connectivity index is 0.00000325. The number of fused-ring (bicyclic) bond motifs is 6. The van der Waals surface area contributed by atoms with Gasteiger partial charge in [-0.3, -0.25) is 0 Å². The molecule has 0 saturated heterocycles. The third kappa shape index (κ3) is 4.90. The second-order valence-electron chi connectivity index (χ2n) is 14.5. The fourth-order valence-corrected chi connectivity index (χ4v) is 9.66. The van der Waals surface area contributed by atoms with E-state index in [1.54, 1.807) is 34.4 Å². The summed E-state index contributed by atoms with van der Waals surface area (Å²) in [4.78, 5) is 9.39. The Hall–Kier alpha value is -4.25. The van der Waals surface area contributed by atoms with E-state index in [0.29, 0.717) is 34.8 Å². The topological polar surface area (TPSA) is 60.5 Å². The minimum absolute atomic E-state index is 0. The quantitative estimate of drug-likeness (QED) is 0.187. The summed E-state index contributed by atoms with van der Waals surface area (Å²) in [6, 6.07) is 32.6. The second kappa shape index (κ2) is 12.0. The van der Waals surface area contributed by atoms with Gasteiger partial charge in [0.25, 0.3) is 0 Å². The van der Waals surface area contributed by atoms with Crippen molar-refractivity contribution in [2.75, 3.05) is 32.7 Å². The summed E-state index contributed by atoms with van der Waals surface area (Å²) in [5.41, 5.74) is 14.3. The molecule has 4 aromatic rings. The van der Waals surface area contributed by atoms with E-state index in [4.69, 9.17) is 0 Å². The maximum Gasteiger partial charge on any atom is 4.00 e. The van der Waals surface area contributed by atoms with E-state index in [2.05, 4.69) is 81.5 Å². The summed E-state index contributed by atoms with van der Waals surface area (Å²) in [6.45, 7) is 6.11. The summed E-state index contributed by atoms with van der Waals surface area (Å²) in [6.07, 6.45) is 10.4. The van der Waals surface area contributed by atoms with Crippen LogP contribution in [0.2, 0.25) is 0 Å². The molecule has 0 atom stereocenters. The summed E-state index contributed by atoms with van der Waals surface area (Å²) >= 11 is 0. The minimum atomic E-state index is 0. The fourth-order valence-electron chi connectivity index (χ4n) is 9.66. The Bertz CT molecular complexity index is 1860. The van der Waals surface area contributed by atoms with Gasteiger partial charge in [0.15, 0.2) is 0 Å². The molecule has 0 amide bonds. The van der Waals surface area contributed by atoms with Crippen LogP contribution in [-0.2, 0) is 21.1 Å². The van der Waals surface area contributed by atoms with Crippen LogP contribution in [0, 0.1) is 48.1 Å². The van der Waals surface area contributed by atoms with Crippen LogP contribution in [-0.4, -0.2) is 13.1 Å². The van der Waals surface area contributed by atoms with Gasteiger partial charge in [0, 0.05) is 48.0 Å². The summed E-state index contributed by atoms with van der Waals surface area (Å²) in [5.74, 6) is 2.67. The first-order chi connectivity index (χ1) is 23.6. The van der Waals surface area contributed by atoms with E-state index in [9.17, 15) is 10.5 Å².